The predicted octanol–water partition coefficient (Wildman–Crippen LogP) is 3.89. The van der Waals surface area contributed by atoms with E-state index >= 15 is 0 Å². The fourth-order valence-electron chi connectivity index (χ4n) is 3.17. The minimum atomic E-state index is -3.88. The van der Waals surface area contributed by atoms with E-state index in [1.54, 1.807) is 0 Å². The average molecular weight is 486 g/mol. The molecule has 0 aromatic heterocycles. The minimum absolute atomic E-state index is 0.0125. The normalized spacial score (nSPS) is 15.6. The second-order valence-electron chi connectivity index (χ2n) is 7.27. The van der Waals surface area contributed by atoms with E-state index in [9.17, 15) is 17.6 Å². The molecule has 1 saturated heterocycles. The number of benzene rings is 2. The van der Waals surface area contributed by atoms with Crippen LogP contribution in [0.15, 0.2) is 41.3 Å². The van der Waals surface area contributed by atoms with Crippen LogP contribution in [0.5, 0.6) is 5.75 Å². The Kier molecular flexibility index (Phi) is 6.76. The molecule has 0 radical (unpaired) electrons. The molecule has 1 amide bonds. The van der Waals surface area contributed by atoms with Crippen LogP contribution < -0.4 is 10.1 Å². The SMILES string of the molecule is [C-]#[N+]c1ccc(OCC2(CNC(C)=O)CN(S(=O)(=O)c3ccc(Cl)cc3Cl)C2)cc1F. The van der Waals surface area contributed by atoms with Crippen LogP contribution in [0.25, 0.3) is 4.85 Å². The number of carbonyl (C=O) groups excluding carboxylic acids is 1. The molecular formula is C20H18Cl2FN3O4S. The molecule has 0 unspecified atom stereocenters. The van der Waals surface area contributed by atoms with Gasteiger partial charge in [0.1, 0.15) is 16.5 Å². The van der Waals surface area contributed by atoms with Gasteiger partial charge in [-0.2, -0.15) is 4.31 Å². The van der Waals surface area contributed by atoms with E-state index in [-0.39, 0.29) is 53.5 Å². The molecule has 1 heterocycles. The first kappa shape index (κ1) is 23.3. The van der Waals surface area contributed by atoms with Crippen LogP contribution in [0.1, 0.15) is 6.92 Å². The van der Waals surface area contributed by atoms with Crippen molar-refractivity contribution in [2.75, 3.05) is 26.2 Å². The maximum Gasteiger partial charge on any atom is 0.244 e. The molecule has 3 rings (SSSR count). The van der Waals surface area contributed by atoms with Gasteiger partial charge in [-0.05, 0) is 30.3 Å². The third-order valence-electron chi connectivity index (χ3n) is 4.83. The van der Waals surface area contributed by atoms with Gasteiger partial charge >= 0.3 is 0 Å². The van der Waals surface area contributed by atoms with Crippen molar-refractivity contribution in [3.63, 3.8) is 0 Å². The number of carbonyl (C=O) groups is 1. The van der Waals surface area contributed by atoms with E-state index < -0.39 is 21.3 Å². The highest BCUT2D eigenvalue weighted by molar-refractivity contribution is 7.89. The van der Waals surface area contributed by atoms with Crippen molar-refractivity contribution in [3.05, 3.63) is 63.7 Å². The molecule has 7 nitrogen and oxygen atoms in total. The summed E-state index contributed by atoms with van der Waals surface area (Å²) in [5, 5.41) is 3.02. The first-order valence-corrected chi connectivity index (χ1v) is 11.3. The van der Waals surface area contributed by atoms with Gasteiger partial charge < -0.3 is 10.1 Å². The van der Waals surface area contributed by atoms with Crippen LogP contribution in [0.2, 0.25) is 10.0 Å². The number of amides is 1. The van der Waals surface area contributed by atoms with Crippen molar-refractivity contribution in [1.82, 2.24) is 9.62 Å². The summed E-state index contributed by atoms with van der Waals surface area (Å²) < 4.78 is 46.6. The highest BCUT2D eigenvalue weighted by Crippen LogP contribution is 2.38. The summed E-state index contributed by atoms with van der Waals surface area (Å²) in [6.07, 6.45) is 0. The summed E-state index contributed by atoms with van der Waals surface area (Å²) in [5.74, 6) is -0.776. The zero-order chi connectivity index (χ0) is 22.8. The van der Waals surface area contributed by atoms with Gasteiger partial charge in [0, 0.05) is 43.1 Å². The Morgan fingerprint density at radius 2 is 2.00 bits per heavy atom. The van der Waals surface area contributed by atoms with Crippen LogP contribution in [0.3, 0.4) is 0 Å². The van der Waals surface area contributed by atoms with Crippen molar-refractivity contribution >= 4 is 44.8 Å². The van der Waals surface area contributed by atoms with Gasteiger partial charge in [-0.25, -0.2) is 17.7 Å². The lowest BCUT2D eigenvalue weighted by Crippen LogP contribution is -2.64. The quantitative estimate of drug-likeness (QED) is 0.603. The minimum Gasteiger partial charge on any atom is -0.493 e. The summed E-state index contributed by atoms with van der Waals surface area (Å²) in [6.45, 7) is 8.59. The third-order valence-corrected chi connectivity index (χ3v) is 7.34. The molecule has 31 heavy (non-hydrogen) atoms. The van der Waals surface area contributed by atoms with E-state index in [1.807, 2.05) is 0 Å². The van der Waals surface area contributed by atoms with Gasteiger partial charge in [0.25, 0.3) is 0 Å². The van der Waals surface area contributed by atoms with Crippen LogP contribution >= 0.6 is 23.2 Å². The number of rotatable bonds is 7. The lowest BCUT2D eigenvalue weighted by atomic mass is 9.82. The van der Waals surface area contributed by atoms with E-state index in [4.69, 9.17) is 34.5 Å². The molecule has 0 saturated carbocycles. The molecule has 1 aliphatic heterocycles. The summed E-state index contributed by atoms with van der Waals surface area (Å²) in [6, 6.07) is 7.99. The largest absolute Gasteiger partial charge is 0.493 e. The Morgan fingerprint density at radius 1 is 1.29 bits per heavy atom. The highest BCUT2D eigenvalue weighted by Gasteiger charge is 2.49. The molecule has 2 aromatic rings. The van der Waals surface area contributed by atoms with Crippen molar-refractivity contribution in [3.8, 4) is 5.75 Å². The molecule has 0 spiro atoms. The van der Waals surface area contributed by atoms with E-state index in [2.05, 4.69) is 10.2 Å². The molecule has 0 bridgehead atoms. The lowest BCUT2D eigenvalue weighted by Gasteiger charge is -2.48. The van der Waals surface area contributed by atoms with Crippen LogP contribution in [0, 0.1) is 17.8 Å². The smallest absolute Gasteiger partial charge is 0.244 e. The van der Waals surface area contributed by atoms with E-state index in [1.165, 1.54) is 41.6 Å². The van der Waals surface area contributed by atoms with Gasteiger partial charge in [-0.1, -0.05) is 23.2 Å². The van der Waals surface area contributed by atoms with Crippen molar-refractivity contribution in [2.24, 2.45) is 5.41 Å². The van der Waals surface area contributed by atoms with Crippen LogP contribution in [-0.4, -0.2) is 44.9 Å². The third kappa shape index (κ3) is 5.10. The number of ether oxygens (including phenoxy) is 1. The van der Waals surface area contributed by atoms with Gasteiger partial charge in [0.05, 0.1) is 18.2 Å². The number of nitrogens with zero attached hydrogens (tertiary/aromatic N) is 2. The Hall–Kier alpha value is -2.38. The summed E-state index contributed by atoms with van der Waals surface area (Å²) >= 11 is 11.9. The Balaban J connectivity index is 1.76. The van der Waals surface area contributed by atoms with Gasteiger partial charge in [0.15, 0.2) is 0 Å². The maximum atomic E-state index is 13.8. The molecule has 1 aliphatic rings. The molecule has 1 N–H and O–H groups in total. The zero-order valence-electron chi connectivity index (χ0n) is 16.4. The molecule has 1 fully saturated rings. The fraction of sp³-hybridized carbons (Fsp3) is 0.300. The standard InChI is InChI=1S/C20H18Cl2FN3O4S/c1-13(27)25-9-20(12-30-15-4-5-18(24-2)17(23)8-15)10-26(11-20)31(28,29)19-6-3-14(21)7-16(19)22/h3-8H,9-12H2,1H3,(H,25,27). The summed E-state index contributed by atoms with van der Waals surface area (Å²) in [7, 11) is -3.88. The Morgan fingerprint density at radius 3 is 2.58 bits per heavy atom. The van der Waals surface area contributed by atoms with Crippen molar-refractivity contribution in [2.45, 2.75) is 11.8 Å². The van der Waals surface area contributed by atoms with E-state index in [0.29, 0.717) is 5.02 Å². The first-order valence-electron chi connectivity index (χ1n) is 9.06. The number of hydrogen-bond donors (Lipinski definition) is 1. The number of nitrogens with one attached hydrogen (secondary N) is 1. The first-order chi connectivity index (χ1) is 14.6. The zero-order valence-corrected chi connectivity index (χ0v) is 18.7. The number of sulfonamides is 1. The highest BCUT2D eigenvalue weighted by atomic mass is 35.5. The molecule has 0 aliphatic carbocycles. The van der Waals surface area contributed by atoms with Gasteiger partial charge in [-0.3, -0.25) is 4.79 Å². The van der Waals surface area contributed by atoms with Crippen LogP contribution in [-0.2, 0) is 14.8 Å². The lowest BCUT2D eigenvalue weighted by molar-refractivity contribution is -0.120. The molecule has 2 aromatic carbocycles. The molecule has 0 atom stereocenters. The van der Waals surface area contributed by atoms with Crippen LogP contribution in [0.4, 0.5) is 10.1 Å². The topological polar surface area (TPSA) is 80.1 Å². The molecule has 11 heteroatoms. The van der Waals surface area contributed by atoms with Gasteiger partial charge in [0.2, 0.25) is 21.6 Å². The number of halogens is 3. The second-order valence-corrected chi connectivity index (χ2v) is 10.0. The van der Waals surface area contributed by atoms with Gasteiger partial charge in [-0.15, -0.1) is 0 Å². The van der Waals surface area contributed by atoms with Crippen molar-refractivity contribution < 1.29 is 22.3 Å². The summed E-state index contributed by atoms with van der Waals surface area (Å²) in [5.41, 5.74) is -0.840. The number of hydrogen-bond acceptors (Lipinski definition) is 4. The fourth-order valence-corrected chi connectivity index (χ4v) is 5.58. The predicted molar refractivity (Wildman–Crippen MR) is 114 cm³/mol. The molecule has 164 valence electrons. The average Bonchev–Trinajstić information content (AvgIpc) is 2.66. The van der Waals surface area contributed by atoms with Crippen molar-refractivity contribution in [1.29, 1.82) is 0 Å². The maximum absolute atomic E-state index is 13.8. The molecular weight excluding hydrogens is 468 g/mol. The Bertz CT molecular complexity index is 1160. The Labute approximate surface area is 189 Å². The summed E-state index contributed by atoms with van der Waals surface area (Å²) in [4.78, 5) is 14.4. The monoisotopic (exact) mass is 485 g/mol. The van der Waals surface area contributed by atoms with E-state index in [0.717, 1.165) is 6.07 Å². The second kappa shape index (κ2) is 9.01.